The van der Waals surface area contributed by atoms with Gasteiger partial charge in [0.25, 0.3) is 0 Å². The van der Waals surface area contributed by atoms with Gasteiger partial charge in [-0.05, 0) is 48.9 Å². The number of methoxy groups -OCH3 is 1. The van der Waals surface area contributed by atoms with Crippen LogP contribution < -0.4 is 15.8 Å². The Bertz CT molecular complexity index is 377. The van der Waals surface area contributed by atoms with E-state index in [1.54, 1.807) is 7.11 Å². The summed E-state index contributed by atoms with van der Waals surface area (Å²) in [5.41, 5.74) is 7.08. The Balaban J connectivity index is 1.93. The van der Waals surface area contributed by atoms with Crippen molar-refractivity contribution >= 4 is 0 Å². The van der Waals surface area contributed by atoms with Gasteiger partial charge in [0.05, 0.1) is 7.11 Å². The van der Waals surface area contributed by atoms with Crippen molar-refractivity contribution in [3.63, 3.8) is 0 Å². The predicted octanol–water partition coefficient (Wildman–Crippen LogP) is 2.33. The van der Waals surface area contributed by atoms with E-state index in [-0.39, 0.29) is 6.04 Å². The lowest BCUT2D eigenvalue weighted by atomic mass is 10.0. The minimum absolute atomic E-state index is 0.223. The van der Waals surface area contributed by atoms with E-state index in [9.17, 15) is 0 Å². The van der Waals surface area contributed by atoms with Crippen LogP contribution in [-0.4, -0.2) is 20.2 Å². The molecule has 0 aliphatic heterocycles. The molecule has 0 heterocycles. The van der Waals surface area contributed by atoms with Crippen LogP contribution in [0.4, 0.5) is 0 Å². The van der Waals surface area contributed by atoms with Gasteiger partial charge in [0.2, 0.25) is 0 Å². The highest BCUT2D eigenvalue weighted by molar-refractivity contribution is 5.30. The highest BCUT2D eigenvalue weighted by Gasteiger charge is 2.27. The second-order valence-electron chi connectivity index (χ2n) is 5.29. The fraction of sp³-hybridized carbons (Fsp3) is 0.600. The van der Waals surface area contributed by atoms with Gasteiger partial charge in [0.15, 0.2) is 0 Å². The third kappa shape index (κ3) is 3.47. The van der Waals surface area contributed by atoms with Gasteiger partial charge >= 0.3 is 0 Å². The van der Waals surface area contributed by atoms with Crippen molar-refractivity contribution in [2.24, 2.45) is 17.6 Å². The first-order valence-corrected chi connectivity index (χ1v) is 6.82. The molecule has 3 N–H and O–H groups in total. The van der Waals surface area contributed by atoms with Gasteiger partial charge < -0.3 is 15.8 Å². The SMILES string of the molecule is COc1cccc(C(CN)NCC(C)C2CC2)c1. The smallest absolute Gasteiger partial charge is 0.119 e. The van der Waals surface area contributed by atoms with E-state index in [4.69, 9.17) is 10.5 Å². The van der Waals surface area contributed by atoms with Crippen molar-refractivity contribution in [3.8, 4) is 5.75 Å². The summed E-state index contributed by atoms with van der Waals surface area (Å²) in [6.45, 7) is 3.98. The van der Waals surface area contributed by atoms with Gasteiger partial charge in [-0.1, -0.05) is 19.1 Å². The Kier molecular flexibility index (Phi) is 4.61. The summed E-state index contributed by atoms with van der Waals surface area (Å²) in [6.07, 6.45) is 2.80. The molecule has 1 saturated carbocycles. The van der Waals surface area contributed by atoms with Gasteiger partial charge in [-0.15, -0.1) is 0 Å². The third-order valence-corrected chi connectivity index (χ3v) is 3.84. The molecule has 1 aromatic carbocycles. The fourth-order valence-electron chi connectivity index (χ4n) is 2.36. The first-order chi connectivity index (χ1) is 8.74. The largest absolute Gasteiger partial charge is 0.497 e. The molecule has 100 valence electrons. The molecule has 2 rings (SSSR count). The minimum atomic E-state index is 0.223. The quantitative estimate of drug-likeness (QED) is 0.778. The number of rotatable bonds is 7. The van der Waals surface area contributed by atoms with Crippen molar-refractivity contribution in [2.45, 2.75) is 25.8 Å². The van der Waals surface area contributed by atoms with E-state index >= 15 is 0 Å². The van der Waals surface area contributed by atoms with Crippen LogP contribution in [0.25, 0.3) is 0 Å². The van der Waals surface area contributed by atoms with E-state index in [2.05, 4.69) is 24.4 Å². The second kappa shape index (κ2) is 6.21. The van der Waals surface area contributed by atoms with Crippen molar-refractivity contribution < 1.29 is 4.74 Å². The van der Waals surface area contributed by atoms with Gasteiger partial charge in [0.1, 0.15) is 5.75 Å². The number of nitrogens with two attached hydrogens (primary N) is 1. The average Bonchev–Trinajstić information content (AvgIpc) is 3.24. The maximum Gasteiger partial charge on any atom is 0.119 e. The normalized spacial score (nSPS) is 18.4. The lowest BCUT2D eigenvalue weighted by Crippen LogP contribution is -2.32. The molecule has 0 amide bonds. The average molecular weight is 248 g/mol. The molecule has 0 radical (unpaired) electrons. The van der Waals surface area contributed by atoms with Gasteiger partial charge in [-0.2, -0.15) is 0 Å². The molecule has 1 fully saturated rings. The topological polar surface area (TPSA) is 47.3 Å². The van der Waals surface area contributed by atoms with Crippen LogP contribution in [0.1, 0.15) is 31.4 Å². The first kappa shape index (κ1) is 13.4. The lowest BCUT2D eigenvalue weighted by Gasteiger charge is -2.20. The number of hydrogen-bond donors (Lipinski definition) is 2. The summed E-state index contributed by atoms with van der Waals surface area (Å²) in [5, 5.41) is 3.58. The highest BCUT2D eigenvalue weighted by atomic mass is 16.5. The molecular weight excluding hydrogens is 224 g/mol. The molecule has 3 nitrogen and oxygen atoms in total. The Morgan fingerprint density at radius 2 is 2.22 bits per heavy atom. The van der Waals surface area contributed by atoms with Gasteiger partial charge in [-0.25, -0.2) is 0 Å². The first-order valence-electron chi connectivity index (χ1n) is 6.82. The van der Waals surface area contributed by atoms with Crippen LogP contribution in [0.15, 0.2) is 24.3 Å². The zero-order valence-electron chi connectivity index (χ0n) is 11.4. The Morgan fingerprint density at radius 3 is 2.83 bits per heavy atom. The molecule has 18 heavy (non-hydrogen) atoms. The zero-order chi connectivity index (χ0) is 13.0. The number of ether oxygens (including phenoxy) is 1. The van der Waals surface area contributed by atoms with E-state index in [0.29, 0.717) is 6.54 Å². The van der Waals surface area contributed by atoms with E-state index < -0.39 is 0 Å². The summed E-state index contributed by atoms with van der Waals surface area (Å²) in [6, 6.07) is 8.37. The van der Waals surface area contributed by atoms with Crippen molar-refractivity contribution in [1.82, 2.24) is 5.32 Å². The van der Waals surface area contributed by atoms with Crippen LogP contribution in [-0.2, 0) is 0 Å². The number of nitrogens with one attached hydrogen (secondary N) is 1. The standard InChI is InChI=1S/C15H24N2O/c1-11(12-6-7-12)10-17-15(9-16)13-4-3-5-14(8-13)18-2/h3-5,8,11-12,15,17H,6-7,9-10,16H2,1-2H3. The van der Waals surface area contributed by atoms with E-state index in [1.807, 2.05) is 12.1 Å². The highest BCUT2D eigenvalue weighted by Crippen LogP contribution is 2.36. The maximum atomic E-state index is 5.87. The van der Waals surface area contributed by atoms with Crippen LogP contribution in [0.5, 0.6) is 5.75 Å². The Hall–Kier alpha value is -1.06. The fourth-order valence-corrected chi connectivity index (χ4v) is 2.36. The molecule has 1 aliphatic rings. The summed E-state index contributed by atoms with van der Waals surface area (Å²) in [7, 11) is 1.69. The number of hydrogen-bond acceptors (Lipinski definition) is 3. The number of benzene rings is 1. The van der Waals surface area contributed by atoms with E-state index in [1.165, 1.54) is 18.4 Å². The third-order valence-electron chi connectivity index (χ3n) is 3.84. The molecule has 0 bridgehead atoms. The minimum Gasteiger partial charge on any atom is -0.497 e. The Morgan fingerprint density at radius 1 is 1.44 bits per heavy atom. The molecule has 1 aliphatic carbocycles. The maximum absolute atomic E-state index is 5.87. The molecule has 0 spiro atoms. The predicted molar refractivity (Wildman–Crippen MR) is 74.7 cm³/mol. The molecule has 3 heteroatoms. The second-order valence-corrected chi connectivity index (χ2v) is 5.29. The van der Waals surface area contributed by atoms with Crippen LogP contribution >= 0.6 is 0 Å². The van der Waals surface area contributed by atoms with Gasteiger partial charge in [-0.3, -0.25) is 0 Å². The van der Waals surface area contributed by atoms with Crippen LogP contribution in [0.2, 0.25) is 0 Å². The molecule has 2 atom stereocenters. The molecular formula is C15H24N2O. The van der Waals surface area contributed by atoms with E-state index in [0.717, 1.165) is 24.1 Å². The summed E-state index contributed by atoms with van der Waals surface area (Å²) in [5.74, 6) is 2.58. The van der Waals surface area contributed by atoms with Gasteiger partial charge in [0, 0.05) is 12.6 Å². The summed E-state index contributed by atoms with van der Waals surface area (Å²) < 4.78 is 5.25. The van der Waals surface area contributed by atoms with Crippen LogP contribution in [0, 0.1) is 11.8 Å². The summed E-state index contributed by atoms with van der Waals surface area (Å²) >= 11 is 0. The zero-order valence-corrected chi connectivity index (χ0v) is 11.4. The van der Waals surface area contributed by atoms with Crippen molar-refractivity contribution in [3.05, 3.63) is 29.8 Å². The molecule has 0 aromatic heterocycles. The molecule has 0 saturated heterocycles. The Labute approximate surface area is 110 Å². The molecule has 1 aromatic rings. The monoisotopic (exact) mass is 248 g/mol. The molecule has 2 unspecified atom stereocenters. The summed E-state index contributed by atoms with van der Waals surface area (Å²) in [4.78, 5) is 0. The lowest BCUT2D eigenvalue weighted by molar-refractivity contribution is 0.408. The van der Waals surface area contributed by atoms with Crippen molar-refractivity contribution in [1.29, 1.82) is 0 Å². The van der Waals surface area contributed by atoms with Crippen LogP contribution in [0.3, 0.4) is 0 Å². The van der Waals surface area contributed by atoms with Crippen molar-refractivity contribution in [2.75, 3.05) is 20.2 Å².